The molecule has 5 atom stereocenters. The van der Waals surface area contributed by atoms with Gasteiger partial charge in [-0.2, -0.15) is 0 Å². The van der Waals surface area contributed by atoms with E-state index in [9.17, 15) is 0 Å². The highest BCUT2D eigenvalue weighted by atomic mass is 28.4. The van der Waals surface area contributed by atoms with Crippen molar-refractivity contribution in [3.8, 4) is 5.75 Å². The van der Waals surface area contributed by atoms with E-state index < -0.39 is 8.32 Å². The Morgan fingerprint density at radius 3 is 2.30 bits per heavy atom. The van der Waals surface area contributed by atoms with Crippen LogP contribution in [-0.4, -0.2) is 45.3 Å². The number of aryl methyl sites for hydroxylation is 1. The molecular weight excluding hydrogens is 482 g/mol. The van der Waals surface area contributed by atoms with Crippen LogP contribution in [0.2, 0.25) is 18.1 Å². The molecule has 0 bridgehead atoms. The number of hydrogen-bond donors (Lipinski definition) is 0. The Labute approximate surface area is 224 Å². The lowest BCUT2D eigenvalue weighted by molar-refractivity contribution is -0.151. The zero-order valence-corrected chi connectivity index (χ0v) is 25.1. The molecule has 7 heteroatoms. The summed E-state index contributed by atoms with van der Waals surface area (Å²) in [5.74, 6) is 2.05. The van der Waals surface area contributed by atoms with Crippen LogP contribution >= 0.6 is 0 Å². The zero-order valence-electron chi connectivity index (χ0n) is 24.1. The lowest BCUT2D eigenvalue weighted by Gasteiger charge is -2.48. The van der Waals surface area contributed by atoms with E-state index in [1.807, 2.05) is 31.2 Å². The van der Waals surface area contributed by atoms with Crippen molar-refractivity contribution in [2.45, 2.75) is 97.9 Å². The van der Waals surface area contributed by atoms with E-state index >= 15 is 0 Å². The average Bonchev–Trinajstić information content (AvgIpc) is 3.32. The molecule has 206 valence electrons. The van der Waals surface area contributed by atoms with Crippen LogP contribution in [0.4, 0.5) is 0 Å². The Hall–Kier alpha value is -1.93. The maximum absolute atomic E-state index is 7.16. The average molecular weight is 530 g/mol. The number of aromatic nitrogens is 1. The number of oxazole rings is 1. The van der Waals surface area contributed by atoms with Crippen LogP contribution in [0.3, 0.4) is 0 Å². The third-order valence-corrected chi connectivity index (χ3v) is 12.8. The minimum absolute atomic E-state index is 0.0398. The molecule has 1 fully saturated rings. The van der Waals surface area contributed by atoms with Crippen LogP contribution in [0.25, 0.3) is 6.08 Å². The molecule has 3 rings (SSSR count). The monoisotopic (exact) mass is 529 g/mol. The quantitative estimate of drug-likeness (QED) is 0.199. The van der Waals surface area contributed by atoms with Gasteiger partial charge in [-0.15, -0.1) is 0 Å². The third kappa shape index (κ3) is 7.56. The van der Waals surface area contributed by atoms with E-state index in [1.54, 1.807) is 13.4 Å². The fraction of sp³-hybridized carbons (Fsp3) is 0.633. The Morgan fingerprint density at radius 1 is 1.05 bits per heavy atom. The largest absolute Gasteiger partial charge is 0.497 e. The second-order valence-electron chi connectivity index (χ2n) is 10.5. The normalized spacial score (nSPS) is 24.9. The third-order valence-electron chi connectivity index (χ3n) is 8.18. The molecule has 0 amide bonds. The molecule has 1 aliphatic heterocycles. The molecule has 1 aromatic heterocycles. The minimum Gasteiger partial charge on any atom is -0.497 e. The highest BCUT2D eigenvalue weighted by molar-refractivity contribution is 6.73. The number of nitrogens with zero attached hydrogens (tertiary/aromatic N) is 1. The summed E-state index contributed by atoms with van der Waals surface area (Å²) >= 11 is 0. The highest BCUT2D eigenvalue weighted by Gasteiger charge is 2.45. The van der Waals surface area contributed by atoms with E-state index in [2.05, 4.69) is 52.6 Å². The molecule has 0 radical (unpaired) electrons. The first-order valence-corrected chi connectivity index (χ1v) is 16.4. The van der Waals surface area contributed by atoms with Gasteiger partial charge in [0.1, 0.15) is 17.7 Å². The molecule has 37 heavy (non-hydrogen) atoms. The van der Waals surface area contributed by atoms with Crippen molar-refractivity contribution in [2.24, 2.45) is 11.8 Å². The molecule has 1 aliphatic rings. The molecule has 0 saturated carbocycles. The van der Waals surface area contributed by atoms with Gasteiger partial charge in [0, 0.05) is 25.4 Å². The van der Waals surface area contributed by atoms with E-state index in [0.29, 0.717) is 19.1 Å². The van der Waals surface area contributed by atoms with Crippen LogP contribution in [0, 0.1) is 18.8 Å². The van der Waals surface area contributed by atoms with Crippen LogP contribution in [0.5, 0.6) is 5.75 Å². The van der Waals surface area contributed by atoms with Gasteiger partial charge < -0.3 is 23.1 Å². The van der Waals surface area contributed by atoms with Gasteiger partial charge in [-0.05, 0) is 60.8 Å². The number of hydrogen-bond acceptors (Lipinski definition) is 6. The molecule has 6 nitrogen and oxygen atoms in total. The van der Waals surface area contributed by atoms with Crippen molar-refractivity contribution < 1.29 is 23.1 Å². The molecule has 2 heterocycles. The summed E-state index contributed by atoms with van der Waals surface area (Å²) in [4.78, 5) is 4.47. The number of rotatable bonds is 13. The standard InChI is InChI=1S/C30H47NO5Si/c1-9-37(10-2,11-3)36-30-22(5)28(16-17-33-19-25-12-14-27(32-8)15-13-25)35-29(23(30)6)21(4)18-26-20-34-24(7)31-26/h12-15,18,20,22-23,28-30H,9-11,16-17,19H2,1-8H3/b21-18+/t22-,23-,28+,29-,30-/m0/s1. The first-order chi connectivity index (χ1) is 17.8. The maximum atomic E-state index is 7.16. The van der Waals surface area contributed by atoms with E-state index in [4.69, 9.17) is 23.1 Å². The van der Waals surface area contributed by atoms with E-state index in [-0.39, 0.29) is 30.1 Å². The molecular formula is C30H47NO5Si. The lowest BCUT2D eigenvalue weighted by atomic mass is 9.79. The first-order valence-electron chi connectivity index (χ1n) is 13.9. The molecule has 0 spiro atoms. The van der Waals surface area contributed by atoms with Gasteiger partial charge in [0.05, 0.1) is 32.0 Å². The van der Waals surface area contributed by atoms with Gasteiger partial charge in [-0.25, -0.2) is 4.98 Å². The van der Waals surface area contributed by atoms with Gasteiger partial charge in [0.15, 0.2) is 14.2 Å². The SMILES string of the molecule is CC[Si](CC)(CC)O[C@H]1[C@@H](C)[C@@H](CCOCc2ccc(OC)cc2)O[C@@H](/C(C)=C/c2coc(C)n2)[C@@H]1C. The molecule has 0 N–H and O–H groups in total. The summed E-state index contributed by atoms with van der Waals surface area (Å²) in [7, 11) is -0.107. The fourth-order valence-electron chi connectivity index (χ4n) is 5.53. The van der Waals surface area contributed by atoms with Crippen molar-refractivity contribution in [1.82, 2.24) is 4.98 Å². The Balaban J connectivity index is 1.74. The maximum Gasteiger partial charge on any atom is 0.192 e. The van der Waals surface area contributed by atoms with Crippen molar-refractivity contribution in [3.63, 3.8) is 0 Å². The fourth-order valence-corrected chi connectivity index (χ4v) is 8.53. The molecule has 2 aromatic rings. The summed E-state index contributed by atoms with van der Waals surface area (Å²) in [6.07, 6.45) is 4.79. The molecule has 1 saturated heterocycles. The topological polar surface area (TPSA) is 63.0 Å². The summed E-state index contributed by atoms with van der Waals surface area (Å²) in [5, 5.41) is 0. The van der Waals surface area contributed by atoms with Crippen molar-refractivity contribution >= 4 is 14.4 Å². The second-order valence-corrected chi connectivity index (χ2v) is 15.2. The van der Waals surface area contributed by atoms with Crippen molar-refractivity contribution in [2.75, 3.05) is 13.7 Å². The second kappa shape index (κ2) is 13.7. The minimum atomic E-state index is -1.79. The Bertz CT molecular complexity index is 976. The smallest absolute Gasteiger partial charge is 0.192 e. The van der Waals surface area contributed by atoms with Crippen LogP contribution in [-0.2, 0) is 20.5 Å². The summed E-state index contributed by atoms with van der Waals surface area (Å²) < 4.78 is 30.7. The number of benzene rings is 1. The van der Waals surface area contributed by atoms with Gasteiger partial charge in [0.25, 0.3) is 0 Å². The Kier molecular flexibility index (Phi) is 11.0. The highest BCUT2D eigenvalue weighted by Crippen LogP contribution is 2.40. The number of ether oxygens (including phenoxy) is 3. The predicted molar refractivity (Wildman–Crippen MR) is 151 cm³/mol. The van der Waals surface area contributed by atoms with Crippen LogP contribution in [0.1, 0.15) is 65.1 Å². The van der Waals surface area contributed by atoms with Crippen LogP contribution < -0.4 is 4.74 Å². The van der Waals surface area contributed by atoms with Gasteiger partial charge >= 0.3 is 0 Å². The number of methoxy groups -OCH3 is 1. The molecule has 0 aliphatic carbocycles. The van der Waals surface area contributed by atoms with Gasteiger partial charge in [-0.1, -0.05) is 46.8 Å². The van der Waals surface area contributed by atoms with Gasteiger partial charge in [-0.3, -0.25) is 0 Å². The van der Waals surface area contributed by atoms with Crippen molar-refractivity contribution in [3.05, 3.63) is 53.2 Å². The lowest BCUT2D eigenvalue weighted by Crippen LogP contribution is -2.55. The van der Waals surface area contributed by atoms with Gasteiger partial charge in [0.2, 0.25) is 0 Å². The van der Waals surface area contributed by atoms with Crippen molar-refractivity contribution in [1.29, 1.82) is 0 Å². The van der Waals surface area contributed by atoms with E-state index in [0.717, 1.165) is 47.1 Å². The first kappa shape index (κ1) is 29.6. The summed E-state index contributed by atoms with van der Waals surface area (Å²) in [5.41, 5.74) is 3.13. The van der Waals surface area contributed by atoms with E-state index in [1.165, 1.54) is 0 Å². The summed E-state index contributed by atoms with van der Waals surface area (Å²) in [6.45, 7) is 16.7. The Morgan fingerprint density at radius 2 is 1.73 bits per heavy atom. The van der Waals surface area contributed by atoms with Crippen LogP contribution in [0.15, 0.2) is 40.5 Å². The summed E-state index contributed by atoms with van der Waals surface area (Å²) in [6, 6.07) is 11.5. The zero-order chi connectivity index (χ0) is 27.0. The predicted octanol–water partition coefficient (Wildman–Crippen LogP) is 7.43. The molecule has 0 unspecified atom stereocenters. The molecule has 1 aromatic carbocycles.